The van der Waals surface area contributed by atoms with E-state index in [0.29, 0.717) is 6.42 Å². The molecule has 1 atom stereocenters. The molecule has 29 heavy (non-hydrogen) atoms. The molecular formula is C28H26O. The molecule has 0 fully saturated rings. The summed E-state index contributed by atoms with van der Waals surface area (Å²) >= 11 is 0. The molecular weight excluding hydrogens is 352 g/mol. The first kappa shape index (κ1) is 19.2. The molecule has 144 valence electrons. The van der Waals surface area contributed by atoms with E-state index in [1.165, 1.54) is 0 Å². The zero-order valence-electron chi connectivity index (χ0n) is 16.7. The monoisotopic (exact) mass is 378 g/mol. The summed E-state index contributed by atoms with van der Waals surface area (Å²) in [6, 6.07) is 41.2. The lowest BCUT2D eigenvalue weighted by molar-refractivity contribution is -0.0173. The molecule has 0 bridgehead atoms. The Labute approximate surface area is 173 Å². The van der Waals surface area contributed by atoms with E-state index >= 15 is 0 Å². The van der Waals surface area contributed by atoms with Crippen LogP contribution in [-0.4, -0.2) is 5.11 Å². The van der Waals surface area contributed by atoms with Crippen LogP contribution in [0.2, 0.25) is 0 Å². The van der Waals surface area contributed by atoms with Gasteiger partial charge in [-0.2, -0.15) is 0 Å². The largest absolute Gasteiger partial charge is 0.384 e. The van der Waals surface area contributed by atoms with Gasteiger partial charge >= 0.3 is 0 Å². The van der Waals surface area contributed by atoms with Crippen molar-refractivity contribution in [2.24, 2.45) is 0 Å². The normalized spacial score (nSPS) is 13.6. The number of rotatable bonds is 6. The smallest absolute Gasteiger partial charge is 0.107 e. The lowest BCUT2D eigenvalue weighted by Gasteiger charge is -2.49. The SMILES string of the molecule is CCC(O)(c1ccccc1)C(c1ccccc1)(c1ccccc1)c1ccccc1. The van der Waals surface area contributed by atoms with Gasteiger partial charge in [0.25, 0.3) is 0 Å². The molecule has 0 aliphatic rings. The van der Waals surface area contributed by atoms with Gasteiger partial charge in [0.05, 0.1) is 5.41 Å². The molecule has 0 saturated carbocycles. The lowest BCUT2D eigenvalue weighted by atomic mass is 9.56. The van der Waals surface area contributed by atoms with E-state index in [1.54, 1.807) is 0 Å². The van der Waals surface area contributed by atoms with E-state index in [-0.39, 0.29) is 0 Å². The fourth-order valence-corrected chi connectivity index (χ4v) is 4.68. The van der Waals surface area contributed by atoms with Crippen molar-refractivity contribution in [3.8, 4) is 0 Å². The predicted octanol–water partition coefficient (Wildman–Crippen LogP) is 6.32. The van der Waals surface area contributed by atoms with Gasteiger partial charge in [-0.3, -0.25) is 0 Å². The van der Waals surface area contributed by atoms with Crippen LogP contribution in [0.4, 0.5) is 0 Å². The summed E-state index contributed by atoms with van der Waals surface area (Å²) in [5.41, 5.74) is 2.24. The maximum atomic E-state index is 12.6. The second kappa shape index (κ2) is 8.06. The summed E-state index contributed by atoms with van der Waals surface area (Å²) in [6.45, 7) is 2.07. The molecule has 0 spiro atoms. The third-order valence-corrected chi connectivity index (χ3v) is 6.00. The van der Waals surface area contributed by atoms with Gasteiger partial charge < -0.3 is 5.11 Å². The van der Waals surface area contributed by atoms with Gasteiger partial charge in [0.15, 0.2) is 0 Å². The van der Waals surface area contributed by atoms with Crippen molar-refractivity contribution < 1.29 is 5.11 Å². The molecule has 0 aliphatic heterocycles. The van der Waals surface area contributed by atoms with Crippen LogP contribution in [0, 0.1) is 0 Å². The Morgan fingerprint density at radius 3 is 1.03 bits per heavy atom. The highest BCUT2D eigenvalue weighted by molar-refractivity contribution is 5.56. The Bertz CT molecular complexity index is 930. The molecule has 4 aromatic carbocycles. The number of benzene rings is 4. The minimum absolute atomic E-state index is 0.565. The van der Waals surface area contributed by atoms with E-state index < -0.39 is 11.0 Å². The first-order valence-corrected chi connectivity index (χ1v) is 10.2. The van der Waals surface area contributed by atoms with Crippen molar-refractivity contribution in [2.75, 3.05) is 0 Å². The molecule has 0 amide bonds. The highest BCUT2D eigenvalue weighted by Crippen LogP contribution is 2.53. The van der Waals surface area contributed by atoms with Gasteiger partial charge in [0.2, 0.25) is 0 Å². The second-order valence-electron chi connectivity index (χ2n) is 7.43. The third-order valence-electron chi connectivity index (χ3n) is 6.00. The number of hydrogen-bond acceptors (Lipinski definition) is 1. The maximum absolute atomic E-state index is 12.6. The zero-order chi connectivity index (χ0) is 20.2. The molecule has 0 radical (unpaired) electrons. The Morgan fingerprint density at radius 1 is 0.483 bits per heavy atom. The summed E-state index contributed by atoms with van der Waals surface area (Å²) in [6.07, 6.45) is 0.565. The second-order valence-corrected chi connectivity index (χ2v) is 7.43. The van der Waals surface area contributed by atoms with Crippen molar-refractivity contribution in [2.45, 2.75) is 24.4 Å². The Morgan fingerprint density at radius 2 is 0.759 bits per heavy atom. The number of aliphatic hydroxyl groups is 1. The van der Waals surface area contributed by atoms with E-state index in [9.17, 15) is 5.11 Å². The molecule has 1 unspecified atom stereocenters. The van der Waals surface area contributed by atoms with E-state index in [2.05, 4.69) is 79.7 Å². The van der Waals surface area contributed by atoms with Crippen molar-refractivity contribution in [3.63, 3.8) is 0 Å². The Balaban J connectivity index is 2.17. The molecule has 1 nitrogen and oxygen atoms in total. The highest BCUT2D eigenvalue weighted by atomic mass is 16.3. The van der Waals surface area contributed by atoms with Crippen LogP contribution >= 0.6 is 0 Å². The lowest BCUT2D eigenvalue weighted by Crippen LogP contribution is -2.50. The summed E-state index contributed by atoms with van der Waals surface area (Å²) < 4.78 is 0. The fourth-order valence-electron chi connectivity index (χ4n) is 4.68. The van der Waals surface area contributed by atoms with E-state index in [0.717, 1.165) is 22.3 Å². The van der Waals surface area contributed by atoms with Crippen molar-refractivity contribution in [3.05, 3.63) is 144 Å². The maximum Gasteiger partial charge on any atom is 0.107 e. The summed E-state index contributed by atoms with van der Waals surface area (Å²) in [5, 5.41) is 12.6. The molecule has 1 heteroatoms. The summed E-state index contributed by atoms with van der Waals surface area (Å²) in [7, 11) is 0. The van der Waals surface area contributed by atoms with E-state index in [4.69, 9.17) is 0 Å². The number of hydrogen-bond donors (Lipinski definition) is 1. The molecule has 1 N–H and O–H groups in total. The van der Waals surface area contributed by atoms with E-state index in [1.807, 2.05) is 48.5 Å². The van der Waals surface area contributed by atoms with Crippen LogP contribution in [0.15, 0.2) is 121 Å². The topological polar surface area (TPSA) is 20.2 Å². The van der Waals surface area contributed by atoms with Crippen LogP contribution in [0.25, 0.3) is 0 Å². The van der Waals surface area contributed by atoms with Crippen LogP contribution in [0.1, 0.15) is 35.6 Å². The van der Waals surface area contributed by atoms with Crippen LogP contribution in [0.5, 0.6) is 0 Å². The van der Waals surface area contributed by atoms with Gasteiger partial charge in [-0.25, -0.2) is 0 Å². The van der Waals surface area contributed by atoms with Crippen LogP contribution in [0.3, 0.4) is 0 Å². The molecule has 0 saturated heterocycles. The average molecular weight is 379 g/mol. The molecule has 4 aromatic rings. The fraction of sp³-hybridized carbons (Fsp3) is 0.143. The van der Waals surface area contributed by atoms with Crippen molar-refractivity contribution in [1.29, 1.82) is 0 Å². The van der Waals surface area contributed by atoms with Crippen LogP contribution < -0.4 is 0 Å². The quantitative estimate of drug-likeness (QED) is 0.389. The summed E-state index contributed by atoms with van der Waals surface area (Å²) in [4.78, 5) is 0. The summed E-state index contributed by atoms with van der Waals surface area (Å²) in [5.74, 6) is 0. The Kier molecular flexibility index (Phi) is 5.33. The highest BCUT2D eigenvalue weighted by Gasteiger charge is 2.53. The first-order valence-electron chi connectivity index (χ1n) is 10.2. The van der Waals surface area contributed by atoms with Gasteiger partial charge in [-0.05, 0) is 28.7 Å². The van der Waals surface area contributed by atoms with Gasteiger partial charge in [-0.15, -0.1) is 0 Å². The minimum atomic E-state index is -1.14. The molecule has 0 heterocycles. The molecule has 4 rings (SSSR count). The third kappa shape index (κ3) is 3.08. The molecule has 0 aliphatic carbocycles. The standard InChI is InChI=1S/C28H26O/c1-2-27(29,23-15-7-3-8-16-23)28(24-17-9-4-10-18-24,25-19-11-5-12-20-25)26-21-13-6-14-22-26/h3-22,29H,2H2,1H3. The van der Waals surface area contributed by atoms with Gasteiger partial charge in [0.1, 0.15) is 5.60 Å². The van der Waals surface area contributed by atoms with Gasteiger partial charge in [0, 0.05) is 0 Å². The minimum Gasteiger partial charge on any atom is -0.384 e. The van der Waals surface area contributed by atoms with Crippen LogP contribution in [-0.2, 0) is 11.0 Å². The predicted molar refractivity (Wildman–Crippen MR) is 120 cm³/mol. The molecule has 0 aromatic heterocycles. The van der Waals surface area contributed by atoms with Crippen molar-refractivity contribution in [1.82, 2.24) is 0 Å². The van der Waals surface area contributed by atoms with Gasteiger partial charge in [-0.1, -0.05) is 128 Å². The zero-order valence-corrected chi connectivity index (χ0v) is 16.7. The Hall–Kier alpha value is -3.16. The first-order chi connectivity index (χ1) is 14.2. The van der Waals surface area contributed by atoms with Crippen molar-refractivity contribution >= 4 is 0 Å². The average Bonchev–Trinajstić information content (AvgIpc) is 2.82.